The monoisotopic (exact) mass is 429 g/mol. The van der Waals surface area contributed by atoms with E-state index in [9.17, 15) is 0 Å². The number of aromatic nitrogens is 6. The molecule has 0 saturated heterocycles. The van der Waals surface area contributed by atoms with Crippen LogP contribution >= 0.6 is 11.8 Å². The SMILES string of the molecule is CC(C)Cn1ncc(-c2nnn(Cc3ccc(C#N)cc3)n2)c1SCc1ccccc1. The van der Waals surface area contributed by atoms with Gasteiger partial charge in [-0.05, 0) is 34.4 Å². The molecular weight excluding hydrogens is 406 g/mol. The fraction of sp³-hybridized carbons (Fsp3) is 0.261. The van der Waals surface area contributed by atoms with Gasteiger partial charge in [0, 0.05) is 12.3 Å². The summed E-state index contributed by atoms with van der Waals surface area (Å²) in [6.07, 6.45) is 1.83. The van der Waals surface area contributed by atoms with Crippen molar-refractivity contribution in [3.05, 3.63) is 77.5 Å². The minimum absolute atomic E-state index is 0.476. The third-order valence-corrected chi connectivity index (χ3v) is 5.83. The van der Waals surface area contributed by atoms with Gasteiger partial charge < -0.3 is 0 Å². The zero-order chi connectivity index (χ0) is 21.6. The first kappa shape index (κ1) is 20.8. The Hall–Kier alpha value is -3.44. The van der Waals surface area contributed by atoms with Crippen molar-refractivity contribution in [1.29, 1.82) is 5.26 Å². The summed E-state index contributed by atoms with van der Waals surface area (Å²) in [5, 5.41) is 27.7. The Morgan fingerprint density at radius 2 is 1.81 bits per heavy atom. The van der Waals surface area contributed by atoms with E-state index in [0.29, 0.717) is 23.9 Å². The second kappa shape index (κ2) is 9.58. The van der Waals surface area contributed by atoms with Gasteiger partial charge in [-0.3, -0.25) is 4.68 Å². The van der Waals surface area contributed by atoms with Gasteiger partial charge in [-0.15, -0.1) is 22.0 Å². The summed E-state index contributed by atoms with van der Waals surface area (Å²) in [5.41, 5.74) is 3.80. The third kappa shape index (κ3) is 5.19. The highest BCUT2D eigenvalue weighted by atomic mass is 32.2. The minimum Gasteiger partial charge on any atom is -0.258 e. The number of rotatable bonds is 8. The van der Waals surface area contributed by atoms with Crippen LogP contribution in [-0.2, 0) is 18.8 Å². The Kier molecular flexibility index (Phi) is 6.43. The molecule has 0 bridgehead atoms. The minimum atomic E-state index is 0.476. The predicted molar refractivity (Wildman–Crippen MR) is 120 cm³/mol. The van der Waals surface area contributed by atoms with E-state index in [2.05, 4.69) is 64.7 Å². The molecule has 0 aliphatic heterocycles. The Bertz CT molecular complexity index is 1170. The topological polar surface area (TPSA) is 85.2 Å². The molecule has 8 heteroatoms. The predicted octanol–water partition coefficient (Wildman–Crippen LogP) is 4.40. The molecule has 0 amide bonds. The van der Waals surface area contributed by atoms with Gasteiger partial charge in [0.2, 0.25) is 5.82 Å². The molecule has 31 heavy (non-hydrogen) atoms. The second-order valence-electron chi connectivity index (χ2n) is 7.67. The van der Waals surface area contributed by atoms with Gasteiger partial charge in [0.1, 0.15) is 5.03 Å². The second-order valence-corrected chi connectivity index (χ2v) is 8.63. The van der Waals surface area contributed by atoms with Crippen molar-refractivity contribution >= 4 is 11.8 Å². The molecule has 2 aromatic carbocycles. The van der Waals surface area contributed by atoms with E-state index in [0.717, 1.165) is 28.5 Å². The summed E-state index contributed by atoms with van der Waals surface area (Å²) in [5.74, 6) is 1.89. The van der Waals surface area contributed by atoms with Gasteiger partial charge in [-0.1, -0.05) is 56.3 Å². The fourth-order valence-corrected chi connectivity index (χ4v) is 4.21. The lowest BCUT2D eigenvalue weighted by Crippen LogP contribution is -2.07. The van der Waals surface area contributed by atoms with E-state index >= 15 is 0 Å². The molecule has 0 fully saturated rings. The van der Waals surface area contributed by atoms with Crippen LogP contribution in [0.25, 0.3) is 11.4 Å². The largest absolute Gasteiger partial charge is 0.258 e. The van der Waals surface area contributed by atoms with Crippen LogP contribution in [0.3, 0.4) is 0 Å². The number of nitrogens with zero attached hydrogens (tertiary/aromatic N) is 7. The van der Waals surface area contributed by atoms with Crippen LogP contribution in [0.5, 0.6) is 0 Å². The number of thioether (sulfide) groups is 1. The molecule has 0 saturated carbocycles. The van der Waals surface area contributed by atoms with Crippen LogP contribution in [0, 0.1) is 17.2 Å². The van der Waals surface area contributed by atoms with Gasteiger partial charge in [0.15, 0.2) is 0 Å². The van der Waals surface area contributed by atoms with E-state index in [1.54, 1.807) is 28.7 Å². The highest BCUT2D eigenvalue weighted by Gasteiger charge is 2.18. The Morgan fingerprint density at radius 1 is 1.03 bits per heavy atom. The molecule has 0 radical (unpaired) electrons. The van der Waals surface area contributed by atoms with Crippen molar-refractivity contribution in [3.8, 4) is 17.5 Å². The maximum atomic E-state index is 8.95. The normalized spacial score (nSPS) is 11.0. The van der Waals surface area contributed by atoms with E-state index in [1.165, 1.54) is 5.56 Å². The van der Waals surface area contributed by atoms with Gasteiger partial charge in [0.25, 0.3) is 0 Å². The highest BCUT2D eigenvalue weighted by Crippen LogP contribution is 2.32. The Morgan fingerprint density at radius 3 is 2.52 bits per heavy atom. The molecule has 156 valence electrons. The summed E-state index contributed by atoms with van der Waals surface area (Å²) in [4.78, 5) is 1.57. The molecule has 0 N–H and O–H groups in total. The summed E-state index contributed by atoms with van der Waals surface area (Å²) < 4.78 is 2.04. The van der Waals surface area contributed by atoms with Crippen molar-refractivity contribution in [2.45, 2.75) is 37.7 Å². The first-order valence-electron chi connectivity index (χ1n) is 10.1. The zero-order valence-corrected chi connectivity index (χ0v) is 18.3. The average molecular weight is 430 g/mol. The van der Waals surface area contributed by atoms with E-state index in [4.69, 9.17) is 5.26 Å². The molecule has 0 atom stereocenters. The number of benzene rings is 2. The van der Waals surface area contributed by atoms with Crippen molar-refractivity contribution in [3.63, 3.8) is 0 Å². The van der Waals surface area contributed by atoms with E-state index < -0.39 is 0 Å². The molecule has 2 heterocycles. The smallest absolute Gasteiger partial charge is 0.209 e. The number of hydrogen-bond acceptors (Lipinski definition) is 6. The van der Waals surface area contributed by atoms with Crippen LogP contribution in [0.2, 0.25) is 0 Å². The highest BCUT2D eigenvalue weighted by molar-refractivity contribution is 7.98. The van der Waals surface area contributed by atoms with Crippen LogP contribution in [-0.4, -0.2) is 30.0 Å². The molecule has 2 aromatic heterocycles. The molecule has 0 aliphatic carbocycles. The Labute approximate surface area is 185 Å². The first-order valence-corrected chi connectivity index (χ1v) is 11.1. The third-order valence-electron chi connectivity index (χ3n) is 4.65. The van der Waals surface area contributed by atoms with Gasteiger partial charge >= 0.3 is 0 Å². The first-order chi connectivity index (χ1) is 15.1. The summed E-state index contributed by atoms with van der Waals surface area (Å²) >= 11 is 1.74. The molecule has 0 aliphatic rings. The van der Waals surface area contributed by atoms with Crippen LogP contribution in [0.4, 0.5) is 0 Å². The summed E-state index contributed by atoms with van der Waals surface area (Å²) in [6.45, 7) is 5.68. The molecule has 4 rings (SSSR count). The lowest BCUT2D eigenvalue weighted by Gasteiger charge is -2.10. The van der Waals surface area contributed by atoms with Crippen LogP contribution in [0.15, 0.2) is 65.8 Å². The van der Waals surface area contributed by atoms with Gasteiger partial charge in [-0.2, -0.15) is 15.2 Å². The Balaban J connectivity index is 1.56. The number of tetrazole rings is 1. The maximum Gasteiger partial charge on any atom is 0.209 e. The van der Waals surface area contributed by atoms with Gasteiger partial charge in [0.05, 0.1) is 29.9 Å². The van der Waals surface area contributed by atoms with Crippen LogP contribution in [0.1, 0.15) is 30.5 Å². The molecular formula is C23H23N7S. The standard InChI is InChI=1S/C23H23N7S/c1-17(2)14-29-23(31-16-20-6-4-3-5-7-20)21(13-25-29)22-26-28-30(27-22)15-19-10-8-18(12-24)9-11-19/h3-11,13,17H,14-16H2,1-2H3. The van der Waals surface area contributed by atoms with Gasteiger partial charge in [-0.25, -0.2) is 0 Å². The molecule has 0 spiro atoms. The van der Waals surface area contributed by atoms with E-state index in [-0.39, 0.29) is 0 Å². The molecule has 7 nitrogen and oxygen atoms in total. The van der Waals surface area contributed by atoms with Crippen LogP contribution < -0.4 is 0 Å². The average Bonchev–Trinajstić information content (AvgIpc) is 3.40. The number of nitriles is 1. The van der Waals surface area contributed by atoms with Crippen molar-refractivity contribution < 1.29 is 0 Å². The van der Waals surface area contributed by atoms with E-state index in [1.807, 2.05) is 29.1 Å². The van der Waals surface area contributed by atoms with Crippen molar-refractivity contribution in [2.75, 3.05) is 0 Å². The quantitative estimate of drug-likeness (QED) is 0.386. The number of hydrogen-bond donors (Lipinski definition) is 0. The summed E-state index contributed by atoms with van der Waals surface area (Å²) in [6, 6.07) is 19.9. The molecule has 4 aromatic rings. The molecule has 0 unspecified atom stereocenters. The zero-order valence-electron chi connectivity index (χ0n) is 17.5. The van der Waals surface area contributed by atoms with Crippen molar-refractivity contribution in [1.82, 2.24) is 30.0 Å². The fourth-order valence-electron chi connectivity index (χ4n) is 3.15. The lowest BCUT2D eigenvalue weighted by molar-refractivity contribution is 0.457. The van der Waals surface area contributed by atoms with Crippen molar-refractivity contribution in [2.24, 2.45) is 5.92 Å². The maximum absolute atomic E-state index is 8.95. The summed E-state index contributed by atoms with van der Waals surface area (Å²) in [7, 11) is 0. The lowest BCUT2D eigenvalue weighted by atomic mass is 10.1.